The van der Waals surface area contributed by atoms with Gasteiger partial charge in [0.05, 0.1) is 12.1 Å². The van der Waals surface area contributed by atoms with E-state index in [2.05, 4.69) is 20.9 Å². The summed E-state index contributed by atoms with van der Waals surface area (Å²) in [6.07, 6.45) is 0. The van der Waals surface area contributed by atoms with Crippen LogP contribution >= 0.6 is 24.0 Å². The zero-order valence-electron chi connectivity index (χ0n) is 15.1. The van der Waals surface area contributed by atoms with Crippen molar-refractivity contribution in [2.45, 2.75) is 32.9 Å². The molecule has 0 saturated carbocycles. The number of carbonyl (C=O) groups is 1. The molecule has 0 aliphatic rings. The molecule has 0 aliphatic carbocycles. The van der Waals surface area contributed by atoms with Crippen LogP contribution in [0, 0.1) is 0 Å². The molecular formula is C17H29IN4O2. The van der Waals surface area contributed by atoms with E-state index in [1.807, 2.05) is 39.0 Å². The van der Waals surface area contributed by atoms with Crippen LogP contribution in [0.15, 0.2) is 29.3 Å². The molecule has 0 aromatic heterocycles. The molecule has 24 heavy (non-hydrogen) atoms. The van der Waals surface area contributed by atoms with Gasteiger partial charge in [-0.15, -0.1) is 24.0 Å². The minimum atomic E-state index is -0.269. The first-order valence-corrected chi connectivity index (χ1v) is 7.80. The number of hydrogen-bond acceptors (Lipinski definition) is 3. The Labute approximate surface area is 161 Å². The fourth-order valence-electron chi connectivity index (χ4n) is 1.84. The van der Waals surface area contributed by atoms with Crippen molar-refractivity contribution < 1.29 is 9.53 Å². The first-order valence-electron chi connectivity index (χ1n) is 7.80. The quantitative estimate of drug-likeness (QED) is 0.340. The van der Waals surface area contributed by atoms with Gasteiger partial charge in [-0.2, -0.15) is 0 Å². The number of halogens is 1. The minimum Gasteiger partial charge on any atom is -0.377 e. The summed E-state index contributed by atoms with van der Waals surface area (Å²) < 4.78 is 5.39. The van der Waals surface area contributed by atoms with Gasteiger partial charge in [0.1, 0.15) is 0 Å². The Kier molecular flexibility index (Phi) is 10.6. The van der Waals surface area contributed by atoms with Gasteiger partial charge in [-0.1, -0.05) is 12.1 Å². The van der Waals surface area contributed by atoms with Crippen LogP contribution in [0.25, 0.3) is 0 Å². The van der Waals surface area contributed by atoms with Crippen LogP contribution in [-0.2, 0) is 11.3 Å². The maximum Gasteiger partial charge on any atom is 0.251 e. The smallest absolute Gasteiger partial charge is 0.251 e. The summed E-state index contributed by atoms with van der Waals surface area (Å²) in [7, 11) is 3.31. The van der Waals surface area contributed by atoms with Crippen molar-refractivity contribution in [1.29, 1.82) is 0 Å². The van der Waals surface area contributed by atoms with Crippen molar-refractivity contribution in [2.24, 2.45) is 4.99 Å². The highest BCUT2D eigenvalue weighted by molar-refractivity contribution is 14.0. The number of nitrogens with one attached hydrogen (secondary N) is 3. The minimum absolute atomic E-state index is 0. The second-order valence-corrected chi connectivity index (χ2v) is 5.79. The lowest BCUT2D eigenvalue weighted by atomic mass is 10.1. The Balaban J connectivity index is 0.00000529. The van der Waals surface area contributed by atoms with Crippen LogP contribution in [0.1, 0.15) is 36.7 Å². The van der Waals surface area contributed by atoms with Crippen LogP contribution < -0.4 is 16.0 Å². The first kappa shape index (κ1) is 22.6. The molecule has 1 aromatic rings. The topological polar surface area (TPSA) is 74.8 Å². The van der Waals surface area contributed by atoms with E-state index in [0.717, 1.165) is 18.1 Å². The summed E-state index contributed by atoms with van der Waals surface area (Å²) in [5.74, 6) is 0.630. The number of rotatable bonds is 7. The molecule has 0 spiro atoms. The molecule has 6 nitrogen and oxygen atoms in total. The second kappa shape index (κ2) is 11.2. The number of guanidine groups is 1. The molecule has 1 aromatic carbocycles. The highest BCUT2D eigenvalue weighted by atomic mass is 127. The van der Waals surface area contributed by atoms with Crippen molar-refractivity contribution in [3.63, 3.8) is 0 Å². The van der Waals surface area contributed by atoms with Gasteiger partial charge < -0.3 is 20.7 Å². The molecule has 0 atom stereocenters. The second-order valence-electron chi connectivity index (χ2n) is 5.79. The molecule has 0 bridgehead atoms. The van der Waals surface area contributed by atoms with Crippen molar-refractivity contribution in [3.8, 4) is 0 Å². The number of carbonyl (C=O) groups excluding carboxylic acids is 1. The molecule has 7 heteroatoms. The lowest BCUT2D eigenvalue weighted by molar-refractivity contribution is 0.0268. The van der Waals surface area contributed by atoms with E-state index in [1.54, 1.807) is 20.2 Å². The van der Waals surface area contributed by atoms with Gasteiger partial charge in [0.25, 0.3) is 5.91 Å². The average molecular weight is 448 g/mol. The van der Waals surface area contributed by atoms with E-state index in [4.69, 9.17) is 4.74 Å². The highest BCUT2D eigenvalue weighted by Gasteiger charge is 2.16. The van der Waals surface area contributed by atoms with Crippen LogP contribution in [-0.4, -0.2) is 44.7 Å². The summed E-state index contributed by atoms with van der Waals surface area (Å²) in [4.78, 5) is 16.2. The number of amides is 1. The molecule has 0 saturated heterocycles. The third-order valence-corrected chi connectivity index (χ3v) is 3.41. The van der Waals surface area contributed by atoms with E-state index in [-0.39, 0.29) is 35.5 Å². The fraction of sp³-hybridized carbons (Fsp3) is 0.529. The molecular weight excluding hydrogens is 419 g/mol. The standard InChI is InChI=1S/C17H28N4O2.HI/c1-6-19-16(21-12-17(2,3)23-5)20-11-13-8-7-9-14(10-13)15(22)18-4;/h7-10H,6,11-12H2,1-5H3,(H,18,22)(H2,19,20,21);1H. The van der Waals surface area contributed by atoms with Gasteiger partial charge in [0, 0.05) is 32.8 Å². The van der Waals surface area contributed by atoms with Crippen molar-refractivity contribution in [3.05, 3.63) is 35.4 Å². The van der Waals surface area contributed by atoms with Crippen LogP contribution in [0.4, 0.5) is 0 Å². The molecule has 0 fully saturated rings. The number of nitrogens with zero attached hydrogens (tertiary/aromatic N) is 1. The van der Waals surface area contributed by atoms with E-state index >= 15 is 0 Å². The predicted octanol–water partition coefficient (Wildman–Crippen LogP) is 2.14. The van der Waals surface area contributed by atoms with Gasteiger partial charge >= 0.3 is 0 Å². The molecule has 0 unspecified atom stereocenters. The molecule has 3 N–H and O–H groups in total. The van der Waals surface area contributed by atoms with Crippen LogP contribution in [0.3, 0.4) is 0 Å². The normalized spacial score (nSPS) is 11.5. The maximum atomic E-state index is 11.7. The van der Waals surface area contributed by atoms with Gasteiger partial charge in [-0.05, 0) is 38.5 Å². The number of ether oxygens (including phenoxy) is 1. The van der Waals surface area contributed by atoms with Crippen molar-refractivity contribution >= 4 is 35.8 Å². The van der Waals surface area contributed by atoms with Gasteiger partial charge in [0.15, 0.2) is 5.96 Å². The van der Waals surface area contributed by atoms with Crippen LogP contribution in [0.5, 0.6) is 0 Å². The van der Waals surface area contributed by atoms with E-state index in [0.29, 0.717) is 18.7 Å². The lowest BCUT2D eigenvalue weighted by Gasteiger charge is -2.24. The zero-order chi connectivity index (χ0) is 17.3. The van der Waals surface area contributed by atoms with E-state index in [9.17, 15) is 4.79 Å². The predicted molar refractivity (Wildman–Crippen MR) is 109 cm³/mol. The average Bonchev–Trinajstić information content (AvgIpc) is 2.57. The van der Waals surface area contributed by atoms with Gasteiger partial charge in [0.2, 0.25) is 0 Å². The Morgan fingerprint density at radius 3 is 2.58 bits per heavy atom. The Morgan fingerprint density at radius 1 is 1.29 bits per heavy atom. The number of benzene rings is 1. The summed E-state index contributed by atoms with van der Waals surface area (Å²) in [6.45, 7) is 7.95. The van der Waals surface area contributed by atoms with E-state index < -0.39 is 0 Å². The number of aliphatic imine (C=N–C) groups is 1. The van der Waals surface area contributed by atoms with Crippen molar-refractivity contribution in [2.75, 3.05) is 27.2 Å². The molecule has 1 amide bonds. The summed E-state index contributed by atoms with van der Waals surface area (Å²) in [5, 5.41) is 9.09. The molecule has 136 valence electrons. The van der Waals surface area contributed by atoms with E-state index in [1.165, 1.54) is 0 Å². The third kappa shape index (κ3) is 7.96. The Bertz CT molecular complexity index is 547. The first-order chi connectivity index (χ1) is 10.9. The van der Waals surface area contributed by atoms with Crippen molar-refractivity contribution in [1.82, 2.24) is 16.0 Å². The number of hydrogen-bond donors (Lipinski definition) is 3. The Morgan fingerprint density at radius 2 is 2.00 bits per heavy atom. The fourth-order valence-corrected chi connectivity index (χ4v) is 1.84. The summed E-state index contributed by atoms with van der Waals surface area (Å²) in [5.41, 5.74) is 1.35. The monoisotopic (exact) mass is 448 g/mol. The Hall–Kier alpha value is -1.35. The SMILES string of the molecule is CCNC(=NCc1cccc(C(=O)NC)c1)NCC(C)(C)OC.I. The molecule has 0 heterocycles. The molecule has 1 rings (SSSR count). The zero-order valence-corrected chi connectivity index (χ0v) is 17.4. The molecule has 0 aliphatic heterocycles. The lowest BCUT2D eigenvalue weighted by Crippen LogP contribution is -2.45. The highest BCUT2D eigenvalue weighted by Crippen LogP contribution is 2.07. The summed E-state index contributed by atoms with van der Waals surface area (Å²) in [6, 6.07) is 7.46. The maximum absolute atomic E-state index is 11.7. The molecule has 0 radical (unpaired) electrons. The largest absolute Gasteiger partial charge is 0.377 e. The third-order valence-electron chi connectivity index (χ3n) is 3.41. The summed E-state index contributed by atoms with van der Waals surface area (Å²) >= 11 is 0. The van der Waals surface area contributed by atoms with Gasteiger partial charge in [-0.3, -0.25) is 4.79 Å². The number of methoxy groups -OCH3 is 1. The van der Waals surface area contributed by atoms with Crippen LogP contribution in [0.2, 0.25) is 0 Å². The van der Waals surface area contributed by atoms with Gasteiger partial charge in [-0.25, -0.2) is 4.99 Å².